The number of hydrogen-bond donors (Lipinski definition) is 2. The summed E-state index contributed by atoms with van der Waals surface area (Å²) in [6, 6.07) is 8.79. The number of ether oxygens (including phenoxy) is 1. The number of carboxylic acids is 1. The molecule has 2 aromatic rings. The van der Waals surface area contributed by atoms with E-state index in [0.717, 1.165) is 12.0 Å². The van der Waals surface area contributed by atoms with E-state index in [0.29, 0.717) is 11.5 Å². The second-order valence-electron chi connectivity index (χ2n) is 4.92. The number of Topliss-reactive ketones (excluding diaryl/α,β-unsaturated/α-hetero) is 1. The molecule has 0 fully saturated rings. The summed E-state index contributed by atoms with van der Waals surface area (Å²) in [5.74, 6) is -0.967. The van der Waals surface area contributed by atoms with Gasteiger partial charge < -0.3 is 14.9 Å². The molecule has 0 bridgehead atoms. The number of aryl methyl sites for hydroxylation is 1. The van der Waals surface area contributed by atoms with E-state index in [1.807, 2.05) is 31.2 Å². The van der Waals surface area contributed by atoms with Gasteiger partial charge in [0.1, 0.15) is 22.9 Å². The molecular weight excluding hydrogens is 298 g/mol. The molecule has 0 aliphatic heterocycles. The quantitative estimate of drug-likeness (QED) is 0.762. The van der Waals surface area contributed by atoms with Crippen LogP contribution in [0.4, 0.5) is 0 Å². The second kappa shape index (κ2) is 7.40. The monoisotopic (exact) mass is 315 g/mol. The van der Waals surface area contributed by atoms with Crippen molar-refractivity contribution in [2.45, 2.75) is 26.2 Å². The first-order valence-electron chi connectivity index (χ1n) is 7.21. The van der Waals surface area contributed by atoms with Crippen molar-refractivity contribution in [1.82, 2.24) is 4.98 Å². The van der Waals surface area contributed by atoms with Crippen molar-refractivity contribution in [1.29, 1.82) is 0 Å². The predicted octanol–water partition coefficient (Wildman–Crippen LogP) is 3.19. The van der Waals surface area contributed by atoms with Gasteiger partial charge in [-0.05, 0) is 18.1 Å². The fourth-order valence-corrected chi connectivity index (χ4v) is 2.07. The van der Waals surface area contributed by atoms with Crippen molar-refractivity contribution in [3.63, 3.8) is 0 Å². The van der Waals surface area contributed by atoms with E-state index < -0.39 is 11.8 Å². The Balaban J connectivity index is 2.16. The summed E-state index contributed by atoms with van der Waals surface area (Å²) in [7, 11) is 0. The van der Waals surface area contributed by atoms with Crippen molar-refractivity contribution in [3.05, 3.63) is 47.8 Å². The van der Waals surface area contributed by atoms with Crippen LogP contribution in [0.3, 0.4) is 0 Å². The maximum atomic E-state index is 11.8. The van der Waals surface area contributed by atoms with Gasteiger partial charge in [0.25, 0.3) is 0 Å². The minimum Gasteiger partial charge on any atom is -0.505 e. The summed E-state index contributed by atoms with van der Waals surface area (Å²) >= 11 is 0. The third-order valence-corrected chi connectivity index (χ3v) is 3.25. The van der Waals surface area contributed by atoms with Gasteiger partial charge in [0.15, 0.2) is 5.78 Å². The molecule has 1 aromatic carbocycles. The third kappa shape index (κ3) is 4.29. The smallest absolute Gasteiger partial charge is 0.303 e. The van der Waals surface area contributed by atoms with E-state index in [9.17, 15) is 14.7 Å². The fraction of sp³-hybridized carbons (Fsp3) is 0.235. The van der Waals surface area contributed by atoms with Gasteiger partial charge in [-0.1, -0.05) is 25.1 Å². The molecule has 2 rings (SSSR count). The number of aliphatic carboxylic acids is 1. The lowest BCUT2D eigenvalue weighted by Gasteiger charge is -2.10. The van der Waals surface area contributed by atoms with E-state index in [1.54, 1.807) is 0 Å². The van der Waals surface area contributed by atoms with Crippen molar-refractivity contribution in [2.24, 2.45) is 0 Å². The van der Waals surface area contributed by atoms with Crippen LogP contribution in [-0.2, 0) is 11.2 Å². The number of aromatic nitrogens is 1. The average Bonchev–Trinajstić information content (AvgIpc) is 2.53. The maximum Gasteiger partial charge on any atom is 0.303 e. The summed E-state index contributed by atoms with van der Waals surface area (Å²) in [5, 5.41) is 18.5. The minimum atomic E-state index is -1.08. The lowest BCUT2D eigenvalue weighted by Crippen LogP contribution is -2.06. The number of hydrogen-bond acceptors (Lipinski definition) is 5. The van der Waals surface area contributed by atoms with Crippen LogP contribution >= 0.6 is 0 Å². The molecule has 0 radical (unpaired) electrons. The molecular formula is C17H17NO5. The van der Waals surface area contributed by atoms with Gasteiger partial charge in [0.2, 0.25) is 0 Å². The number of rotatable bonds is 7. The Labute approximate surface area is 133 Å². The zero-order valence-corrected chi connectivity index (χ0v) is 12.7. The van der Waals surface area contributed by atoms with E-state index >= 15 is 0 Å². The average molecular weight is 315 g/mol. The Kier molecular flexibility index (Phi) is 5.30. The van der Waals surface area contributed by atoms with Crippen LogP contribution in [0.2, 0.25) is 0 Å². The van der Waals surface area contributed by atoms with Crippen LogP contribution in [-0.4, -0.2) is 26.9 Å². The molecule has 0 aliphatic carbocycles. The normalized spacial score (nSPS) is 10.3. The number of nitrogens with zero attached hydrogens (tertiary/aromatic N) is 1. The maximum absolute atomic E-state index is 11.8. The SMILES string of the molecule is CCc1ccccc1Oc1cnc(C(=O)CCC(=O)O)c(O)c1. The van der Waals surface area contributed by atoms with Crippen LogP contribution in [0.5, 0.6) is 17.2 Å². The molecule has 0 spiro atoms. The van der Waals surface area contributed by atoms with Gasteiger partial charge in [-0.3, -0.25) is 9.59 Å². The molecule has 0 saturated heterocycles. The number of carbonyl (C=O) groups excluding carboxylic acids is 1. The summed E-state index contributed by atoms with van der Waals surface area (Å²) in [4.78, 5) is 26.2. The number of carbonyl (C=O) groups is 2. The molecule has 23 heavy (non-hydrogen) atoms. The molecule has 0 atom stereocenters. The van der Waals surface area contributed by atoms with Crippen LogP contribution in [0, 0.1) is 0 Å². The van der Waals surface area contributed by atoms with Crippen LogP contribution in [0.1, 0.15) is 35.8 Å². The van der Waals surface area contributed by atoms with Gasteiger partial charge in [0.05, 0.1) is 12.6 Å². The highest BCUT2D eigenvalue weighted by atomic mass is 16.5. The zero-order chi connectivity index (χ0) is 16.8. The number of para-hydroxylation sites is 1. The van der Waals surface area contributed by atoms with E-state index in [-0.39, 0.29) is 24.3 Å². The van der Waals surface area contributed by atoms with Crippen molar-refractivity contribution in [2.75, 3.05) is 0 Å². The summed E-state index contributed by atoms with van der Waals surface area (Å²) in [6.07, 6.45) is 1.61. The molecule has 120 valence electrons. The standard InChI is InChI=1S/C17H17NO5/c1-2-11-5-3-4-6-15(11)23-12-9-14(20)17(18-10-12)13(19)7-8-16(21)22/h3-6,9-10,20H,2,7-8H2,1H3,(H,21,22). The topological polar surface area (TPSA) is 96.7 Å². The van der Waals surface area contributed by atoms with Crippen LogP contribution < -0.4 is 4.74 Å². The summed E-state index contributed by atoms with van der Waals surface area (Å²) in [5.41, 5.74) is 0.857. The van der Waals surface area contributed by atoms with Gasteiger partial charge in [-0.25, -0.2) is 4.98 Å². The second-order valence-corrected chi connectivity index (χ2v) is 4.92. The molecule has 0 amide bonds. The summed E-state index contributed by atoms with van der Waals surface area (Å²) < 4.78 is 5.69. The lowest BCUT2D eigenvalue weighted by molar-refractivity contribution is -0.136. The summed E-state index contributed by atoms with van der Waals surface area (Å²) in [6.45, 7) is 2.00. The molecule has 6 nitrogen and oxygen atoms in total. The minimum absolute atomic E-state index is 0.151. The first kappa shape index (κ1) is 16.5. The largest absolute Gasteiger partial charge is 0.505 e. The van der Waals surface area contributed by atoms with Gasteiger partial charge in [-0.2, -0.15) is 0 Å². The van der Waals surface area contributed by atoms with Crippen LogP contribution in [0.25, 0.3) is 0 Å². The Morgan fingerprint density at radius 3 is 2.61 bits per heavy atom. The molecule has 0 saturated carbocycles. The molecule has 2 N–H and O–H groups in total. The first-order valence-corrected chi connectivity index (χ1v) is 7.21. The van der Waals surface area contributed by atoms with Gasteiger partial charge in [-0.15, -0.1) is 0 Å². The molecule has 1 aromatic heterocycles. The van der Waals surface area contributed by atoms with Crippen LogP contribution in [0.15, 0.2) is 36.5 Å². The Morgan fingerprint density at radius 2 is 1.96 bits per heavy atom. The Morgan fingerprint density at radius 1 is 1.22 bits per heavy atom. The van der Waals surface area contributed by atoms with Gasteiger partial charge >= 0.3 is 5.97 Å². The number of carboxylic acid groups (broad SMARTS) is 1. The fourth-order valence-electron chi connectivity index (χ4n) is 2.07. The molecule has 0 aliphatic rings. The molecule has 1 heterocycles. The number of pyridine rings is 1. The zero-order valence-electron chi connectivity index (χ0n) is 12.7. The predicted molar refractivity (Wildman–Crippen MR) is 83.0 cm³/mol. The highest BCUT2D eigenvalue weighted by Crippen LogP contribution is 2.29. The van der Waals surface area contributed by atoms with Crippen molar-refractivity contribution in [3.8, 4) is 17.2 Å². The lowest BCUT2D eigenvalue weighted by atomic mass is 10.1. The number of ketones is 1. The molecule has 0 unspecified atom stereocenters. The van der Waals surface area contributed by atoms with Crippen molar-refractivity contribution >= 4 is 11.8 Å². The first-order chi connectivity index (χ1) is 11.0. The Hall–Kier alpha value is -2.89. The Bertz CT molecular complexity index is 727. The molecule has 6 heteroatoms. The van der Waals surface area contributed by atoms with E-state index in [4.69, 9.17) is 9.84 Å². The van der Waals surface area contributed by atoms with Gasteiger partial charge in [0, 0.05) is 12.5 Å². The third-order valence-electron chi connectivity index (χ3n) is 3.25. The number of benzene rings is 1. The van der Waals surface area contributed by atoms with Crippen molar-refractivity contribution < 1.29 is 24.5 Å². The highest BCUT2D eigenvalue weighted by Gasteiger charge is 2.15. The highest BCUT2D eigenvalue weighted by molar-refractivity contribution is 5.98. The van der Waals surface area contributed by atoms with E-state index in [2.05, 4.69) is 4.98 Å². The number of aromatic hydroxyl groups is 1. The van der Waals surface area contributed by atoms with E-state index in [1.165, 1.54) is 12.3 Å².